The highest BCUT2D eigenvalue weighted by Gasteiger charge is 2.23. The van der Waals surface area contributed by atoms with Gasteiger partial charge in [0.05, 0.1) is 16.7 Å². The highest BCUT2D eigenvalue weighted by Crippen LogP contribution is 2.20. The third kappa shape index (κ3) is 4.41. The Kier molecular flexibility index (Phi) is 5.17. The van der Waals surface area contributed by atoms with E-state index in [2.05, 4.69) is 10.6 Å². The Hall–Kier alpha value is -2.71. The first kappa shape index (κ1) is 16.3. The van der Waals surface area contributed by atoms with Gasteiger partial charge in [-0.3, -0.25) is 10.1 Å². The molecule has 3 N–H and O–H groups in total. The van der Waals surface area contributed by atoms with Crippen molar-refractivity contribution in [2.45, 2.75) is 19.9 Å². The molecular weight excluding hydrogens is 285 g/mol. The lowest BCUT2D eigenvalue weighted by Crippen LogP contribution is -2.46. The van der Waals surface area contributed by atoms with Crippen LogP contribution in [0.4, 0.5) is 20.6 Å². The van der Waals surface area contributed by atoms with Crippen molar-refractivity contribution in [1.29, 1.82) is 0 Å². The molecule has 0 unspecified atom stereocenters. The summed E-state index contributed by atoms with van der Waals surface area (Å²) in [6.07, 6.45) is 0. The van der Waals surface area contributed by atoms with Gasteiger partial charge in [-0.1, -0.05) is 13.8 Å². The van der Waals surface area contributed by atoms with Crippen molar-refractivity contribution in [3.63, 3.8) is 0 Å². The van der Waals surface area contributed by atoms with E-state index in [1.165, 1.54) is 0 Å². The number of carboxylic acid groups (broad SMARTS) is 1. The molecule has 0 saturated carbocycles. The van der Waals surface area contributed by atoms with Gasteiger partial charge in [0.2, 0.25) is 0 Å². The molecule has 0 radical (unpaired) electrons. The summed E-state index contributed by atoms with van der Waals surface area (Å²) in [5.74, 6) is -2.57. The summed E-state index contributed by atoms with van der Waals surface area (Å²) >= 11 is 0. The third-order valence-corrected chi connectivity index (χ3v) is 2.63. The number of aliphatic carboxylic acids is 1. The van der Waals surface area contributed by atoms with E-state index in [-0.39, 0.29) is 11.6 Å². The van der Waals surface area contributed by atoms with Crippen molar-refractivity contribution in [3.8, 4) is 0 Å². The quantitative estimate of drug-likeness (QED) is 0.566. The van der Waals surface area contributed by atoms with E-state index in [1.807, 2.05) is 0 Å². The zero-order valence-electron chi connectivity index (χ0n) is 11.3. The average Bonchev–Trinajstić information content (AvgIpc) is 2.37. The van der Waals surface area contributed by atoms with Crippen LogP contribution in [0.25, 0.3) is 0 Å². The van der Waals surface area contributed by atoms with Crippen molar-refractivity contribution < 1.29 is 24.0 Å². The van der Waals surface area contributed by atoms with Crippen molar-refractivity contribution in [2.24, 2.45) is 5.92 Å². The second-order valence-corrected chi connectivity index (χ2v) is 4.58. The number of non-ortho nitro benzene ring substituents is 1. The van der Waals surface area contributed by atoms with E-state index in [0.29, 0.717) is 6.07 Å². The normalized spacial score (nSPS) is 11.8. The number of carbonyl (C=O) groups is 2. The summed E-state index contributed by atoms with van der Waals surface area (Å²) in [6, 6.07) is 0.663. The van der Waals surface area contributed by atoms with Crippen molar-refractivity contribution in [2.75, 3.05) is 5.32 Å². The number of benzene rings is 1. The van der Waals surface area contributed by atoms with Crippen LogP contribution in [0, 0.1) is 21.8 Å². The topological polar surface area (TPSA) is 122 Å². The van der Waals surface area contributed by atoms with Crippen LogP contribution in [0.15, 0.2) is 18.2 Å². The molecule has 0 aliphatic heterocycles. The summed E-state index contributed by atoms with van der Waals surface area (Å²) < 4.78 is 13.6. The van der Waals surface area contributed by atoms with Crippen LogP contribution in [0.5, 0.6) is 0 Å². The Balaban J connectivity index is 2.79. The lowest BCUT2D eigenvalue weighted by molar-refractivity contribution is -0.385. The fourth-order valence-electron chi connectivity index (χ4n) is 1.53. The van der Waals surface area contributed by atoms with Gasteiger partial charge < -0.3 is 15.7 Å². The SMILES string of the molecule is CC(C)[C@H](NC(=O)Nc1ccc([N+](=O)[O-])cc1F)C(=O)O. The van der Waals surface area contributed by atoms with Gasteiger partial charge in [-0.05, 0) is 12.0 Å². The number of urea groups is 1. The molecule has 0 bridgehead atoms. The molecule has 0 fully saturated rings. The summed E-state index contributed by atoms with van der Waals surface area (Å²) in [5, 5.41) is 23.7. The number of anilines is 1. The third-order valence-electron chi connectivity index (χ3n) is 2.63. The number of nitro benzene ring substituents is 1. The Morgan fingerprint density at radius 3 is 2.43 bits per heavy atom. The molecule has 21 heavy (non-hydrogen) atoms. The van der Waals surface area contributed by atoms with Gasteiger partial charge in [0.15, 0.2) is 5.82 Å². The maximum Gasteiger partial charge on any atom is 0.326 e. The summed E-state index contributed by atoms with van der Waals surface area (Å²) in [5.41, 5.74) is -0.741. The number of nitrogens with one attached hydrogen (secondary N) is 2. The maximum absolute atomic E-state index is 13.6. The molecule has 1 atom stereocenters. The lowest BCUT2D eigenvalue weighted by Gasteiger charge is -2.18. The van der Waals surface area contributed by atoms with Crippen LogP contribution < -0.4 is 10.6 Å². The largest absolute Gasteiger partial charge is 0.480 e. The van der Waals surface area contributed by atoms with E-state index < -0.39 is 34.5 Å². The number of halogens is 1. The molecule has 114 valence electrons. The maximum atomic E-state index is 13.6. The summed E-state index contributed by atoms with van der Waals surface area (Å²) in [7, 11) is 0. The molecule has 0 saturated heterocycles. The first-order valence-electron chi connectivity index (χ1n) is 5.96. The number of hydrogen-bond acceptors (Lipinski definition) is 4. The molecular formula is C12H14FN3O5. The number of carboxylic acids is 1. The number of amides is 2. The average molecular weight is 299 g/mol. The van der Waals surface area contributed by atoms with E-state index in [0.717, 1.165) is 12.1 Å². The molecule has 1 aromatic rings. The standard InChI is InChI=1S/C12H14FN3O5/c1-6(2)10(11(17)18)15-12(19)14-9-4-3-7(16(20)21)5-8(9)13/h3-6,10H,1-2H3,(H,17,18)(H2,14,15,19)/t10-/m0/s1. The molecule has 0 aliphatic carbocycles. The Bertz CT molecular complexity index is 576. The number of rotatable bonds is 5. The number of carbonyl (C=O) groups excluding carboxylic acids is 1. The van der Waals surface area contributed by atoms with Crippen LogP contribution in [-0.2, 0) is 4.79 Å². The summed E-state index contributed by atoms with van der Waals surface area (Å²) in [4.78, 5) is 32.2. The monoisotopic (exact) mass is 299 g/mol. The smallest absolute Gasteiger partial charge is 0.326 e. The zero-order chi connectivity index (χ0) is 16.2. The second-order valence-electron chi connectivity index (χ2n) is 4.58. The van der Waals surface area contributed by atoms with Gasteiger partial charge in [0.25, 0.3) is 5.69 Å². The van der Waals surface area contributed by atoms with E-state index in [1.54, 1.807) is 13.8 Å². The fourth-order valence-corrected chi connectivity index (χ4v) is 1.53. The summed E-state index contributed by atoms with van der Waals surface area (Å²) in [6.45, 7) is 3.21. The molecule has 9 heteroatoms. The minimum atomic E-state index is -1.22. The molecule has 1 aromatic carbocycles. The van der Waals surface area contributed by atoms with Gasteiger partial charge in [-0.15, -0.1) is 0 Å². The molecule has 0 aromatic heterocycles. The molecule has 0 heterocycles. The van der Waals surface area contributed by atoms with Crippen LogP contribution in [0.3, 0.4) is 0 Å². The Morgan fingerprint density at radius 2 is 2.00 bits per heavy atom. The van der Waals surface area contributed by atoms with Crippen LogP contribution in [0.1, 0.15) is 13.8 Å². The number of nitro groups is 1. The van der Waals surface area contributed by atoms with Crippen molar-refractivity contribution in [3.05, 3.63) is 34.1 Å². The molecule has 2 amide bonds. The zero-order valence-corrected chi connectivity index (χ0v) is 11.3. The van der Waals surface area contributed by atoms with E-state index >= 15 is 0 Å². The predicted octanol–water partition coefficient (Wildman–Crippen LogP) is 1.96. The second kappa shape index (κ2) is 6.64. The highest BCUT2D eigenvalue weighted by atomic mass is 19.1. The number of nitrogens with zero attached hydrogens (tertiary/aromatic N) is 1. The van der Waals surface area contributed by atoms with Crippen LogP contribution in [-0.4, -0.2) is 28.1 Å². The van der Waals surface area contributed by atoms with E-state index in [9.17, 15) is 24.1 Å². The molecule has 8 nitrogen and oxygen atoms in total. The Morgan fingerprint density at radius 1 is 1.38 bits per heavy atom. The first-order chi connectivity index (χ1) is 9.72. The lowest BCUT2D eigenvalue weighted by atomic mass is 10.1. The predicted molar refractivity (Wildman–Crippen MR) is 71.5 cm³/mol. The molecule has 1 rings (SSSR count). The van der Waals surface area contributed by atoms with Crippen molar-refractivity contribution >= 4 is 23.4 Å². The van der Waals surface area contributed by atoms with Crippen molar-refractivity contribution in [1.82, 2.24) is 5.32 Å². The Labute approximate surface area is 119 Å². The minimum absolute atomic E-state index is 0.286. The van der Waals surface area contributed by atoms with Gasteiger partial charge in [-0.2, -0.15) is 0 Å². The molecule has 0 aliphatic rings. The first-order valence-corrected chi connectivity index (χ1v) is 5.96. The van der Waals surface area contributed by atoms with Crippen LogP contribution in [0.2, 0.25) is 0 Å². The highest BCUT2D eigenvalue weighted by molar-refractivity contribution is 5.92. The minimum Gasteiger partial charge on any atom is -0.480 e. The van der Waals surface area contributed by atoms with Gasteiger partial charge in [-0.25, -0.2) is 14.0 Å². The van der Waals surface area contributed by atoms with E-state index in [4.69, 9.17) is 5.11 Å². The van der Waals surface area contributed by atoms with Gasteiger partial charge in [0.1, 0.15) is 6.04 Å². The fraction of sp³-hybridized carbons (Fsp3) is 0.333. The molecule has 0 spiro atoms. The van der Waals surface area contributed by atoms with Gasteiger partial charge >= 0.3 is 12.0 Å². The van der Waals surface area contributed by atoms with Crippen LogP contribution >= 0.6 is 0 Å². The number of hydrogen-bond donors (Lipinski definition) is 3. The van der Waals surface area contributed by atoms with Gasteiger partial charge in [0, 0.05) is 6.07 Å².